The molecule has 0 radical (unpaired) electrons. The number of aromatic nitrogens is 2. The lowest BCUT2D eigenvalue weighted by Crippen LogP contribution is -2.31. The summed E-state index contributed by atoms with van der Waals surface area (Å²) in [6.45, 7) is 2.22. The first-order chi connectivity index (χ1) is 12.7. The zero-order valence-corrected chi connectivity index (χ0v) is 14.9. The summed E-state index contributed by atoms with van der Waals surface area (Å²) < 4.78 is 0. The van der Waals surface area contributed by atoms with Crippen LogP contribution in [-0.2, 0) is 19.5 Å². The Hall–Kier alpha value is -2.34. The molecule has 0 saturated heterocycles. The fourth-order valence-corrected chi connectivity index (χ4v) is 4.15. The highest BCUT2D eigenvalue weighted by Crippen LogP contribution is 2.31. The summed E-state index contributed by atoms with van der Waals surface area (Å²) in [5.41, 5.74) is 3.29. The van der Waals surface area contributed by atoms with Crippen molar-refractivity contribution in [2.45, 2.75) is 57.5 Å². The van der Waals surface area contributed by atoms with Gasteiger partial charge in [0.05, 0.1) is 4.92 Å². The molecule has 6 heteroatoms. The van der Waals surface area contributed by atoms with Gasteiger partial charge in [-0.15, -0.1) is 0 Å². The third kappa shape index (κ3) is 3.60. The normalized spacial score (nSPS) is 18.5. The summed E-state index contributed by atoms with van der Waals surface area (Å²) in [6.07, 6.45) is 9.20. The van der Waals surface area contributed by atoms with E-state index >= 15 is 0 Å². The van der Waals surface area contributed by atoms with Crippen molar-refractivity contribution in [3.05, 3.63) is 63.2 Å². The molecule has 6 nitrogen and oxygen atoms in total. The highest BCUT2D eigenvalue weighted by atomic mass is 16.6. The van der Waals surface area contributed by atoms with E-state index in [1.807, 2.05) is 18.3 Å². The number of rotatable bonds is 4. The van der Waals surface area contributed by atoms with Gasteiger partial charge in [0.1, 0.15) is 5.82 Å². The maximum absolute atomic E-state index is 11.2. The number of nitro groups is 1. The van der Waals surface area contributed by atoms with Gasteiger partial charge in [-0.2, -0.15) is 0 Å². The van der Waals surface area contributed by atoms with Gasteiger partial charge >= 0.3 is 0 Å². The van der Waals surface area contributed by atoms with Crippen molar-refractivity contribution >= 4 is 5.69 Å². The summed E-state index contributed by atoms with van der Waals surface area (Å²) in [4.78, 5) is 22.7. The molecule has 1 aliphatic carbocycles. The lowest BCUT2D eigenvalue weighted by atomic mass is 9.88. The molecule has 4 rings (SSSR count). The van der Waals surface area contributed by atoms with Crippen LogP contribution in [0.2, 0.25) is 0 Å². The molecule has 0 N–H and O–H groups in total. The van der Waals surface area contributed by atoms with Crippen molar-refractivity contribution in [3.63, 3.8) is 0 Å². The lowest BCUT2D eigenvalue weighted by molar-refractivity contribution is -0.385. The Labute approximate surface area is 153 Å². The largest absolute Gasteiger partial charge is 0.294 e. The minimum absolute atomic E-state index is 0.196. The van der Waals surface area contributed by atoms with Crippen molar-refractivity contribution < 1.29 is 4.92 Å². The molecule has 0 spiro atoms. The lowest BCUT2D eigenvalue weighted by Gasteiger charge is -2.29. The number of para-hydroxylation sites is 1. The predicted octanol–water partition coefficient (Wildman–Crippen LogP) is 3.99. The number of benzene rings is 1. The zero-order chi connectivity index (χ0) is 17.9. The van der Waals surface area contributed by atoms with Crippen molar-refractivity contribution in [1.82, 2.24) is 14.9 Å². The molecule has 0 amide bonds. The van der Waals surface area contributed by atoms with Gasteiger partial charge in [0, 0.05) is 61.1 Å². The Morgan fingerprint density at radius 1 is 1.19 bits per heavy atom. The Bertz CT molecular complexity index is 802. The predicted molar refractivity (Wildman–Crippen MR) is 98.8 cm³/mol. The van der Waals surface area contributed by atoms with Crippen molar-refractivity contribution in [2.75, 3.05) is 6.54 Å². The minimum Gasteiger partial charge on any atom is -0.294 e. The van der Waals surface area contributed by atoms with E-state index in [-0.39, 0.29) is 10.6 Å². The molecule has 2 heterocycles. The molecule has 1 aromatic heterocycles. The molecule has 1 aliphatic heterocycles. The Kier molecular flexibility index (Phi) is 4.93. The van der Waals surface area contributed by atoms with Crippen molar-refractivity contribution in [1.29, 1.82) is 0 Å². The molecule has 0 bridgehead atoms. The Morgan fingerprint density at radius 2 is 2.00 bits per heavy atom. The number of nitro benzene ring substituents is 1. The van der Waals surface area contributed by atoms with Crippen LogP contribution in [0.4, 0.5) is 5.69 Å². The molecule has 1 saturated carbocycles. The maximum Gasteiger partial charge on any atom is 0.273 e. The molecule has 0 atom stereocenters. The molecule has 2 aromatic rings. The van der Waals surface area contributed by atoms with Gasteiger partial charge in [0.2, 0.25) is 0 Å². The minimum atomic E-state index is -0.299. The topological polar surface area (TPSA) is 72.2 Å². The number of hydrogen-bond acceptors (Lipinski definition) is 5. The molecule has 26 heavy (non-hydrogen) atoms. The van der Waals surface area contributed by atoms with Crippen LogP contribution in [0.5, 0.6) is 0 Å². The van der Waals surface area contributed by atoms with Gasteiger partial charge in [-0.1, -0.05) is 37.5 Å². The van der Waals surface area contributed by atoms with Gasteiger partial charge in [-0.3, -0.25) is 15.0 Å². The quantitative estimate of drug-likeness (QED) is 0.614. The SMILES string of the molecule is O=[N+]([O-])c1ccccc1CN1CCc2nc(C3CCCCC3)ncc2C1. The second kappa shape index (κ2) is 7.50. The number of nitrogens with zero attached hydrogens (tertiary/aromatic N) is 4. The standard InChI is InChI=1S/C20H24N4O2/c25-24(26)19-9-5-4-8-16(19)13-23-11-10-18-17(14-23)12-21-20(22-18)15-6-2-1-3-7-15/h4-5,8-9,12,15H,1-3,6-7,10-11,13-14H2. The third-order valence-corrected chi connectivity index (χ3v) is 5.58. The average molecular weight is 352 g/mol. The van der Waals surface area contributed by atoms with E-state index in [2.05, 4.69) is 9.88 Å². The molecular weight excluding hydrogens is 328 g/mol. The van der Waals surface area contributed by atoms with E-state index in [1.54, 1.807) is 12.1 Å². The van der Waals surface area contributed by atoms with Crippen molar-refractivity contribution in [3.8, 4) is 0 Å². The second-order valence-electron chi connectivity index (χ2n) is 7.38. The van der Waals surface area contributed by atoms with E-state index in [0.29, 0.717) is 12.5 Å². The van der Waals surface area contributed by atoms with Crippen LogP contribution in [0, 0.1) is 10.1 Å². The van der Waals surface area contributed by atoms with Crippen LogP contribution < -0.4 is 0 Å². The van der Waals surface area contributed by atoms with E-state index in [0.717, 1.165) is 36.5 Å². The second-order valence-corrected chi connectivity index (χ2v) is 7.38. The summed E-state index contributed by atoms with van der Waals surface area (Å²) in [7, 11) is 0. The van der Waals surface area contributed by atoms with E-state index in [9.17, 15) is 10.1 Å². The van der Waals surface area contributed by atoms with Crippen LogP contribution >= 0.6 is 0 Å². The Balaban J connectivity index is 1.47. The van der Waals surface area contributed by atoms with Crippen LogP contribution in [0.3, 0.4) is 0 Å². The van der Waals surface area contributed by atoms with Gasteiger partial charge < -0.3 is 0 Å². The first-order valence-electron chi connectivity index (χ1n) is 9.50. The smallest absolute Gasteiger partial charge is 0.273 e. The first-order valence-corrected chi connectivity index (χ1v) is 9.50. The number of hydrogen-bond donors (Lipinski definition) is 0. The van der Waals surface area contributed by atoms with Crippen LogP contribution in [0.15, 0.2) is 30.5 Å². The monoisotopic (exact) mass is 352 g/mol. The van der Waals surface area contributed by atoms with Gasteiger partial charge in [0.15, 0.2) is 0 Å². The number of fused-ring (bicyclic) bond motifs is 1. The highest BCUT2D eigenvalue weighted by molar-refractivity contribution is 5.39. The summed E-state index contributed by atoms with van der Waals surface area (Å²) in [5.74, 6) is 1.55. The van der Waals surface area contributed by atoms with Gasteiger partial charge in [-0.05, 0) is 12.8 Å². The molecule has 2 aliphatic rings. The van der Waals surface area contributed by atoms with Crippen LogP contribution in [0.1, 0.15) is 60.7 Å². The highest BCUT2D eigenvalue weighted by Gasteiger charge is 2.24. The fraction of sp³-hybridized carbons (Fsp3) is 0.500. The van der Waals surface area contributed by atoms with Gasteiger partial charge in [-0.25, -0.2) is 9.97 Å². The van der Waals surface area contributed by atoms with Crippen LogP contribution in [0.25, 0.3) is 0 Å². The molecular formula is C20H24N4O2. The third-order valence-electron chi connectivity index (χ3n) is 5.58. The fourth-order valence-electron chi connectivity index (χ4n) is 4.15. The Morgan fingerprint density at radius 3 is 2.81 bits per heavy atom. The van der Waals surface area contributed by atoms with Crippen molar-refractivity contribution in [2.24, 2.45) is 0 Å². The summed E-state index contributed by atoms with van der Waals surface area (Å²) in [6, 6.07) is 7.00. The summed E-state index contributed by atoms with van der Waals surface area (Å²) >= 11 is 0. The first kappa shape index (κ1) is 17.1. The van der Waals surface area contributed by atoms with Crippen LogP contribution in [-0.4, -0.2) is 26.3 Å². The van der Waals surface area contributed by atoms with E-state index in [1.165, 1.54) is 37.8 Å². The van der Waals surface area contributed by atoms with E-state index < -0.39 is 0 Å². The van der Waals surface area contributed by atoms with E-state index in [4.69, 9.17) is 4.98 Å². The molecule has 1 fully saturated rings. The molecule has 0 unspecified atom stereocenters. The average Bonchev–Trinajstić information content (AvgIpc) is 2.68. The molecule has 136 valence electrons. The summed E-state index contributed by atoms with van der Waals surface area (Å²) in [5, 5.41) is 11.2. The zero-order valence-electron chi connectivity index (χ0n) is 14.9. The van der Waals surface area contributed by atoms with Gasteiger partial charge in [0.25, 0.3) is 5.69 Å². The molecule has 1 aromatic carbocycles. The maximum atomic E-state index is 11.2.